The fourth-order valence-electron chi connectivity index (χ4n) is 2.66. The third-order valence-corrected chi connectivity index (χ3v) is 3.31. The second-order valence-electron chi connectivity index (χ2n) is 4.61. The molecule has 0 aliphatic carbocycles. The Bertz CT molecular complexity index is 630. The van der Waals surface area contributed by atoms with E-state index in [1.165, 1.54) is 12.1 Å². The molecule has 1 aliphatic rings. The molecule has 0 saturated carbocycles. The second-order valence-corrected chi connectivity index (χ2v) is 4.61. The summed E-state index contributed by atoms with van der Waals surface area (Å²) in [6, 6.07) is 4.61. The van der Waals surface area contributed by atoms with Crippen LogP contribution < -0.4 is 0 Å². The van der Waals surface area contributed by atoms with E-state index in [1.807, 2.05) is 7.05 Å². The van der Waals surface area contributed by atoms with Crippen LogP contribution in [0.5, 0.6) is 0 Å². The van der Waals surface area contributed by atoms with Crippen molar-refractivity contribution in [2.75, 3.05) is 7.05 Å². The molecule has 0 saturated heterocycles. The van der Waals surface area contributed by atoms with Gasteiger partial charge in [0.1, 0.15) is 5.82 Å². The summed E-state index contributed by atoms with van der Waals surface area (Å²) in [6.45, 7) is 3.06. The largest absolute Gasteiger partial charge is 0.296 e. The zero-order chi connectivity index (χ0) is 12.2. The van der Waals surface area contributed by atoms with Crippen molar-refractivity contribution in [3.8, 4) is 0 Å². The maximum atomic E-state index is 13.3. The molecule has 2 aromatic rings. The van der Waals surface area contributed by atoms with Crippen molar-refractivity contribution in [3.05, 3.63) is 35.3 Å². The molecule has 0 amide bonds. The monoisotopic (exact) mass is 232 g/mol. The topological polar surface area (TPSA) is 25.2 Å². The SMILES string of the molecule is CC(=O)n1c2c(c3cc(F)ccc31)CN(C)C2. The van der Waals surface area contributed by atoms with E-state index in [9.17, 15) is 9.18 Å². The van der Waals surface area contributed by atoms with Gasteiger partial charge < -0.3 is 0 Å². The first kappa shape index (κ1) is 10.5. The van der Waals surface area contributed by atoms with E-state index in [0.29, 0.717) is 0 Å². The van der Waals surface area contributed by atoms with Gasteiger partial charge in [-0.1, -0.05) is 0 Å². The number of carbonyl (C=O) groups excluding carboxylic acids is 1. The molecule has 88 valence electrons. The lowest BCUT2D eigenvalue weighted by atomic mass is 10.1. The fourth-order valence-corrected chi connectivity index (χ4v) is 2.66. The molecule has 1 aliphatic heterocycles. The summed E-state index contributed by atoms with van der Waals surface area (Å²) in [6.07, 6.45) is 0. The van der Waals surface area contributed by atoms with E-state index in [0.717, 1.165) is 35.2 Å². The molecular weight excluding hydrogens is 219 g/mol. The molecule has 17 heavy (non-hydrogen) atoms. The summed E-state index contributed by atoms with van der Waals surface area (Å²) < 4.78 is 15.0. The summed E-state index contributed by atoms with van der Waals surface area (Å²) in [7, 11) is 2.00. The van der Waals surface area contributed by atoms with Crippen LogP contribution in [-0.4, -0.2) is 22.4 Å². The van der Waals surface area contributed by atoms with E-state index in [1.54, 1.807) is 17.6 Å². The highest BCUT2D eigenvalue weighted by Crippen LogP contribution is 2.32. The molecule has 0 radical (unpaired) electrons. The van der Waals surface area contributed by atoms with Gasteiger partial charge >= 0.3 is 0 Å². The summed E-state index contributed by atoms with van der Waals surface area (Å²) >= 11 is 0. The average molecular weight is 232 g/mol. The zero-order valence-electron chi connectivity index (χ0n) is 9.83. The number of nitrogens with zero attached hydrogens (tertiary/aromatic N) is 2. The third-order valence-electron chi connectivity index (χ3n) is 3.31. The van der Waals surface area contributed by atoms with E-state index in [2.05, 4.69) is 4.90 Å². The minimum Gasteiger partial charge on any atom is -0.296 e. The van der Waals surface area contributed by atoms with Gasteiger partial charge in [0.25, 0.3) is 0 Å². The van der Waals surface area contributed by atoms with E-state index < -0.39 is 0 Å². The van der Waals surface area contributed by atoms with Crippen LogP contribution in [0.2, 0.25) is 0 Å². The number of benzene rings is 1. The summed E-state index contributed by atoms with van der Waals surface area (Å²) in [5.41, 5.74) is 2.90. The Balaban J connectivity index is 2.39. The predicted molar refractivity (Wildman–Crippen MR) is 63.4 cm³/mol. The van der Waals surface area contributed by atoms with E-state index in [4.69, 9.17) is 0 Å². The van der Waals surface area contributed by atoms with Gasteiger partial charge in [0.15, 0.2) is 0 Å². The van der Waals surface area contributed by atoms with Crippen molar-refractivity contribution >= 4 is 16.8 Å². The van der Waals surface area contributed by atoms with Crippen LogP contribution in [0.1, 0.15) is 23.0 Å². The first-order valence-corrected chi connectivity index (χ1v) is 5.59. The van der Waals surface area contributed by atoms with Crippen molar-refractivity contribution in [2.45, 2.75) is 20.0 Å². The van der Waals surface area contributed by atoms with Gasteiger partial charge in [-0.3, -0.25) is 14.3 Å². The molecule has 0 atom stereocenters. The van der Waals surface area contributed by atoms with Crippen LogP contribution in [-0.2, 0) is 13.1 Å². The Labute approximate surface area is 98.4 Å². The zero-order valence-corrected chi connectivity index (χ0v) is 9.83. The van der Waals surface area contributed by atoms with Crippen molar-refractivity contribution in [1.82, 2.24) is 9.47 Å². The molecule has 1 aromatic carbocycles. The highest BCUT2D eigenvalue weighted by Gasteiger charge is 2.26. The average Bonchev–Trinajstić information content (AvgIpc) is 2.73. The van der Waals surface area contributed by atoms with Crippen molar-refractivity contribution in [3.63, 3.8) is 0 Å². The number of carbonyl (C=O) groups is 1. The summed E-state index contributed by atoms with van der Waals surface area (Å²) in [4.78, 5) is 13.8. The fraction of sp³-hybridized carbons (Fsp3) is 0.308. The van der Waals surface area contributed by atoms with Gasteiger partial charge in [0.05, 0.1) is 5.52 Å². The van der Waals surface area contributed by atoms with Gasteiger partial charge in [0.2, 0.25) is 5.91 Å². The number of hydrogen-bond donors (Lipinski definition) is 0. The Morgan fingerprint density at radius 2 is 2.12 bits per heavy atom. The Hall–Kier alpha value is -1.68. The summed E-state index contributed by atoms with van der Waals surface area (Å²) in [5.74, 6) is -0.270. The normalized spacial score (nSPS) is 15.5. The minimum atomic E-state index is -0.254. The van der Waals surface area contributed by atoms with Gasteiger partial charge in [-0.2, -0.15) is 0 Å². The molecule has 0 fully saturated rings. The van der Waals surface area contributed by atoms with Gasteiger partial charge in [0, 0.05) is 31.1 Å². The lowest BCUT2D eigenvalue weighted by Crippen LogP contribution is -2.14. The van der Waals surface area contributed by atoms with Crippen LogP contribution >= 0.6 is 0 Å². The maximum absolute atomic E-state index is 13.3. The van der Waals surface area contributed by atoms with E-state index in [-0.39, 0.29) is 11.7 Å². The standard InChI is InChI=1S/C13H13FN2O/c1-8(17)16-12-4-3-9(14)5-10(12)11-6-15(2)7-13(11)16/h3-5H,6-7H2,1-2H3. The van der Waals surface area contributed by atoms with Crippen LogP contribution in [0.3, 0.4) is 0 Å². The van der Waals surface area contributed by atoms with Crippen LogP contribution in [0.25, 0.3) is 10.9 Å². The molecule has 0 N–H and O–H groups in total. The number of aromatic nitrogens is 1. The van der Waals surface area contributed by atoms with E-state index >= 15 is 0 Å². The molecule has 0 bridgehead atoms. The highest BCUT2D eigenvalue weighted by atomic mass is 19.1. The van der Waals surface area contributed by atoms with Crippen molar-refractivity contribution < 1.29 is 9.18 Å². The molecule has 3 nitrogen and oxygen atoms in total. The molecule has 0 unspecified atom stereocenters. The second kappa shape index (κ2) is 3.40. The molecular formula is C13H13FN2O. The predicted octanol–water partition coefficient (Wildman–Crippen LogP) is 2.39. The first-order chi connectivity index (χ1) is 8.08. The number of halogens is 1. The smallest absolute Gasteiger partial charge is 0.228 e. The highest BCUT2D eigenvalue weighted by molar-refractivity contribution is 5.95. The first-order valence-electron chi connectivity index (χ1n) is 5.59. The number of rotatable bonds is 0. The number of fused-ring (bicyclic) bond motifs is 3. The molecule has 0 spiro atoms. The maximum Gasteiger partial charge on any atom is 0.228 e. The van der Waals surface area contributed by atoms with Gasteiger partial charge in [-0.25, -0.2) is 4.39 Å². The van der Waals surface area contributed by atoms with Crippen LogP contribution in [0, 0.1) is 5.82 Å². The Morgan fingerprint density at radius 3 is 2.82 bits per heavy atom. The lowest BCUT2D eigenvalue weighted by Gasteiger charge is -2.09. The van der Waals surface area contributed by atoms with Crippen molar-refractivity contribution in [1.29, 1.82) is 0 Å². The van der Waals surface area contributed by atoms with Crippen LogP contribution in [0.4, 0.5) is 4.39 Å². The molecule has 1 aromatic heterocycles. The summed E-state index contributed by atoms with van der Waals surface area (Å²) in [5, 5.41) is 0.861. The molecule has 3 rings (SSSR count). The molecule has 4 heteroatoms. The van der Waals surface area contributed by atoms with Gasteiger partial charge in [-0.15, -0.1) is 0 Å². The lowest BCUT2D eigenvalue weighted by molar-refractivity contribution is 0.0937. The Kier molecular flexibility index (Phi) is 2.10. The van der Waals surface area contributed by atoms with Gasteiger partial charge in [-0.05, 0) is 30.8 Å². The third kappa shape index (κ3) is 1.41. The number of hydrogen-bond acceptors (Lipinski definition) is 2. The van der Waals surface area contributed by atoms with Crippen molar-refractivity contribution in [2.24, 2.45) is 0 Å². The quantitative estimate of drug-likeness (QED) is 0.696. The Morgan fingerprint density at radius 1 is 1.35 bits per heavy atom. The van der Waals surface area contributed by atoms with Crippen LogP contribution in [0.15, 0.2) is 18.2 Å². The molecule has 2 heterocycles. The minimum absolute atomic E-state index is 0.0156.